The van der Waals surface area contributed by atoms with E-state index in [9.17, 15) is 4.79 Å². The summed E-state index contributed by atoms with van der Waals surface area (Å²) in [7, 11) is 0. The first kappa shape index (κ1) is 15.6. The average Bonchev–Trinajstić information content (AvgIpc) is 3.34. The largest absolute Gasteiger partial charge is 0.361 e. The maximum Gasteiger partial charge on any atom is 0.174 e. The van der Waals surface area contributed by atoms with E-state index < -0.39 is 0 Å². The van der Waals surface area contributed by atoms with E-state index in [0.717, 1.165) is 38.5 Å². The van der Waals surface area contributed by atoms with E-state index in [1.54, 1.807) is 0 Å². The molecule has 2 aromatic heterocycles. The van der Waals surface area contributed by atoms with Gasteiger partial charge < -0.3 is 9.97 Å². The first-order valence-electron chi connectivity index (χ1n) is 9.04. The summed E-state index contributed by atoms with van der Waals surface area (Å²) in [6.45, 7) is 0. The fraction of sp³-hybridized carbons (Fsp3) is 0.0417. The van der Waals surface area contributed by atoms with Gasteiger partial charge in [-0.25, -0.2) is 0 Å². The van der Waals surface area contributed by atoms with Crippen LogP contribution in [-0.2, 0) is 0 Å². The summed E-state index contributed by atoms with van der Waals surface area (Å²) in [5, 5.41) is 2.16. The van der Waals surface area contributed by atoms with Crippen LogP contribution in [0.1, 0.15) is 27.4 Å². The Kier molecular flexibility index (Phi) is 3.65. The smallest absolute Gasteiger partial charge is 0.174 e. The van der Waals surface area contributed by atoms with Crippen molar-refractivity contribution in [1.29, 1.82) is 0 Å². The number of hydrogen-bond donors (Lipinski definition) is 2. The molecule has 0 atom stereocenters. The molecule has 5 rings (SSSR count). The van der Waals surface area contributed by atoms with Crippen LogP contribution < -0.4 is 0 Å². The van der Waals surface area contributed by atoms with E-state index >= 15 is 0 Å². The zero-order valence-corrected chi connectivity index (χ0v) is 14.6. The van der Waals surface area contributed by atoms with Gasteiger partial charge in [-0.2, -0.15) is 0 Å². The molecule has 0 aliphatic heterocycles. The second-order valence-corrected chi connectivity index (χ2v) is 6.74. The summed E-state index contributed by atoms with van der Waals surface area (Å²) in [6, 6.07) is 25.8. The first-order valence-corrected chi connectivity index (χ1v) is 9.04. The Morgan fingerprint density at radius 3 is 1.67 bits per heavy atom. The second kappa shape index (κ2) is 6.29. The minimum atomic E-state index is -0.375. The molecule has 3 aromatic carbocycles. The summed E-state index contributed by atoms with van der Waals surface area (Å²) in [5.74, 6) is -0.273. The number of H-pyrrole nitrogens is 2. The summed E-state index contributed by atoms with van der Waals surface area (Å²) in [4.78, 5) is 20.2. The van der Waals surface area contributed by atoms with Crippen LogP contribution in [-0.4, -0.2) is 15.8 Å². The molecule has 0 unspecified atom stereocenters. The lowest BCUT2D eigenvalue weighted by atomic mass is 9.84. The number of carbonyl (C=O) groups excluding carboxylic acids is 1. The van der Waals surface area contributed by atoms with E-state index in [2.05, 4.69) is 22.1 Å². The molecule has 0 aliphatic rings. The Morgan fingerprint density at radius 2 is 1.11 bits per heavy atom. The van der Waals surface area contributed by atoms with Gasteiger partial charge in [0.1, 0.15) is 0 Å². The van der Waals surface area contributed by atoms with Crippen LogP contribution in [0.15, 0.2) is 91.3 Å². The van der Waals surface area contributed by atoms with Crippen molar-refractivity contribution in [2.45, 2.75) is 5.92 Å². The fourth-order valence-corrected chi connectivity index (χ4v) is 3.88. The monoisotopic (exact) mass is 350 g/mol. The van der Waals surface area contributed by atoms with Crippen molar-refractivity contribution in [2.24, 2.45) is 0 Å². The highest BCUT2D eigenvalue weighted by atomic mass is 16.1. The molecule has 0 aliphatic carbocycles. The van der Waals surface area contributed by atoms with Gasteiger partial charge in [-0.15, -0.1) is 0 Å². The van der Waals surface area contributed by atoms with Crippen molar-refractivity contribution in [3.63, 3.8) is 0 Å². The third kappa shape index (κ3) is 2.56. The van der Waals surface area contributed by atoms with E-state index in [0.29, 0.717) is 0 Å². The molecule has 0 amide bonds. The molecular formula is C24H18N2O. The lowest BCUT2D eigenvalue weighted by molar-refractivity contribution is 0.0974. The maximum atomic E-state index is 13.6. The average molecular weight is 350 g/mol. The molecule has 2 heterocycles. The van der Waals surface area contributed by atoms with Gasteiger partial charge in [0, 0.05) is 39.8 Å². The van der Waals surface area contributed by atoms with Gasteiger partial charge in [0.05, 0.1) is 5.92 Å². The molecule has 0 saturated carbocycles. The maximum absolute atomic E-state index is 13.6. The van der Waals surface area contributed by atoms with Gasteiger partial charge in [0.15, 0.2) is 5.78 Å². The topological polar surface area (TPSA) is 48.6 Å². The number of Topliss-reactive ketones (excluding diaryl/α,β-unsaturated/α-hetero) is 1. The van der Waals surface area contributed by atoms with Crippen molar-refractivity contribution in [2.75, 3.05) is 0 Å². The molecule has 0 fully saturated rings. The zero-order valence-electron chi connectivity index (χ0n) is 14.6. The van der Waals surface area contributed by atoms with E-state index in [1.165, 1.54) is 0 Å². The highest BCUT2D eigenvalue weighted by Gasteiger charge is 2.28. The number of nitrogens with one attached hydrogen (secondary N) is 2. The molecule has 3 nitrogen and oxygen atoms in total. The zero-order chi connectivity index (χ0) is 18.2. The van der Waals surface area contributed by atoms with Crippen molar-refractivity contribution in [3.05, 3.63) is 108 Å². The molecule has 0 radical (unpaired) electrons. The van der Waals surface area contributed by atoms with Crippen LogP contribution in [0, 0.1) is 0 Å². The lowest BCUT2D eigenvalue weighted by Crippen LogP contribution is -2.14. The predicted octanol–water partition coefficient (Wildman–Crippen LogP) is 5.66. The number of aromatic amines is 2. The Bertz CT molecular complexity index is 1170. The van der Waals surface area contributed by atoms with Gasteiger partial charge in [-0.05, 0) is 23.3 Å². The highest BCUT2D eigenvalue weighted by molar-refractivity contribution is 6.07. The van der Waals surface area contributed by atoms with E-state index in [4.69, 9.17) is 0 Å². The molecule has 27 heavy (non-hydrogen) atoms. The van der Waals surface area contributed by atoms with Crippen LogP contribution in [0.4, 0.5) is 0 Å². The molecule has 3 heteroatoms. The van der Waals surface area contributed by atoms with Crippen LogP contribution in [0.5, 0.6) is 0 Å². The minimum absolute atomic E-state index is 0.102. The van der Waals surface area contributed by atoms with Gasteiger partial charge >= 0.3 is 0 Å². The van der Waals surface area contributed by atoms with Crippen molar-refractivity contribution >= 4 is 27.6 Å². The van der Waals surface area contributed by atoms with Crippen LogP contribution >= 0.6 is 0 Å². The summed E-state index contributed by atoms with van der Waals surface area (Å²) < 4.78 is 0. The number of hydrogen-bond acceptors (Lipinski definition) is 1. The van der Waals surface area contributed by atoms with Gasteiger partial charge in [-0.1, -0.05) is 66.7 Å². The molecule has 2 N–H and O–H groups in total. The lowest BCUT2D eigenvalue weighted by Gasteiger charge is -2.16. The summed E-state index contributed by atoms with van der Waals surface area (Å²) in [5.41, 5.74) is 4.81. The Balaban J connectivity index is 1.76. The van der Waals surface area contributed by atoms with Gasteiger partial charge in [-0.3, -0.25) is 4.79 Å². The predicted molar refractivity (Wildman–Crippen MR) is 109 cm³/mol. The molecule has 0 saturated heterocycles. The SMILES string of the molecule is O=C(c1ccccc1)C(c1c[nH]c2ccccc12)c1c[nH]c2ccccc12. The summed E-state index contributed by atoms with van der Waals surface area (Å²) >= 11 is 0. The highest BCUT2D eigenvalue weighted by Crippen LogP contribution is 2.37. The van der Waals surface area contributed by atoms with Crippen LogP contribution in [0.3, 0.4) is 0 Å². The molecule has 0 spiro atoms. The van der Waals surface area contributed by atoms with Gasteiger partial charge in [0.2, 0.25) is 0 Å². The third-order valence-electron chi connectivity index (χ3n) is 5.18. The molecular weight excluding hydrogens is 332 g/mol. The Labute approximate surface area is 156 Å². The summed E-state index contributed by atoms with van der Waals surface area (Å²) in [6.07, 6.45) is 3.94. The first-order chi connectivity index (χ1) is 13.3. The number of ketones is 1. The Morgan fingerprint density at radius 1 is 0.630 bits per heavy atom. The third-order valence-corrected chi connectivity index (χ3v) is 5.18. The number of aromatic nitrogens is 2. The second-order valence-electron chi connectivity index (χ2n) is 6.74. The number of benzene rings is 3. The normalized spacial score (nSPS) is 11.4. The molecule has 0 bridgehead atoms. The minimum Gasteiger partial charge on any atom is -0.361 e. The molecule has 5 aromatic rings. The number of carbonyl (C=O) groups is 1. The number of fused-ring (bicyclic) bond motifs is 2. The van der Waals surface area contributed by atoms with Crippen LogP contribution in [0.25, 0.3) is 21.8 Å². The van der Waals surface area contributed by atoms with Crippen molar-refractivity contribution in [1.82, 2.24) is 9.97 Å². The van der Waals surface area contributed by atoms with Crippen molar-refractivity contribution in [3.8, 4) is 0 Å². The quantitative estimate of drug-likeness (QED) is 0.403. The fourth-order valence-electron chi connectivity index (χ4n) is 3.88. The van der Waals surface area contributed by atoms with Gasteiger partial charge in [0.25, 0.3) is 0 Å². The Hall–Kier alpha value is -3.59. The number of para-hydroxylation sites is 2. The molecule has 130 valence electrons. The van der Waals surface area contributed by atoms with Crippen molar-refractivity contribution < 1.29 is 4.79 Å². The van der Waals surface area contributed by atoms with E-state index in [1.807, 2.05) is 79.1 Å². The number of rotatable bonds is 4. The van der Waals surface area contributed by atoms with Crippen LogP contribution in [0.2, 0.25) is 0 Å². The standard InChI is InChI=1S/C24H18N2O/c27-24(16-8-2-1-3-9-16)23(19-14-25-21-12-6-4-10-17(19)21)20-15-26-22-13-7-5-11-18(20)22/h1-15,23,25-26H. The van der Waals surface area contributed by atoms with E-state index in [-0.39, 0.29) is 11.7 Å².